The van der Waals surface area contributed by atoms with Crippen molar-refractivity contribution in [1.82, 2.24) is 19.8 Å². The minimum Gasteiger partial charge on any atom is -0.346 e. The van der Waals surface area contributed by atoms with Crippen LogP contribution in [0.15, 0.2) is 42.5 Å². The van der Waals surface area contributed by atoms with E-state index in [9.17, 15) is 9.59 Å². The SMILES string of the molecule is C#CCNC(=O)CNC(=O)CN(SC)C1CCN(C(c2cccc3ccccc23)C2CC2)CC1. The van der Waals surface area contributed by atoms with E-state index in [1.165, 1.54) is 29.2 Å². The number of carbonyl (C=O) groups is 2. The molecule has 0 aromatic heterocycles. The van der Waals surface area contributed by atoms with Gasteiger partial charge in [-0.3, -0.25) is 14.5 Å². The lowest BCUT2D eigenvalue weighted by Crippen LogP contribution is -2.47. The molecule has 4 rings (SSSR count). The Morgan fingerprint density at radius 3 is 2.53 bits per heavy atom. The van der Waals surface area contributed by atoms with Gasteiger partial charge in [0.2, 0.25) is 11.8 Å². The van der Waals surface area contributed by atoms with Crippen molar-refractivity contribution < 1.29 is 9.59 Å². The number of hydrogen-bond acceptors (Lipinski definition) is 5. The average molecular weight is 479 g/mol. The molecule has 2 aliphatic rings. The van der Waals surface area contributed by atoms with Crippen LogP contribution in [0.1, 0.15) is 37.3 Å². The molecule has 0 spiro atoms. The lowest BCUT2D eigenvalue weighted by molar-refractivity contribution is -0.126. The normalized spacial score (nSPS) is 17.9. The highest BCUT2D eigenvalue weighted by Crippen LogP contribution is 2.47. The van der Waals surface area contributed by atoms with Crippen LogP contribution in [0, 0.1) is 18.3 Å². The summed E-state index contributed by atoms with van der Waals surface area (Å²) in [5, 5.41) is 7.94. The third-order valence-corrected chi connectivity index (χ3v) is 7.77. The number of nitrogens with one attached hydrogen (secondary N) is 2. The quantitative estimate of drug-likeness (QED) is 0.406. The van der Waals surface area contributed by atoms with Gasteiger partial charge in [0.05, 0.1) is 19.6 Å². The van der Waals surface area contributed by atoms with E-state index < -0.39 is 0 Å². The van der Waals surface area contributed by atoms with Crippen LogP contribution in [0.25, 0.3) is 10.8 Å². The van der Waals surface area contributed by atoms with Gasteiger partial charge in [-0.1, -0.05) is 60.3 Å². The fourth-order valence-corrected chi connectivity index (χ4v) is 5.81. The van der Waals surface area contributed by atoms with Crippen LogP contribution in [0.3, 0.4) is 0 Å². The largest absolute Gasteiger partial charge is 0.346 e. The molecule has 2 aromatic carbocycles. The van der Waals surface area contributed by atoms with E-state index >= 15 is 0 Å². The van der Waals surface area contributed by atoms with Crippen molar-refractivity contribution in [2.24, 2.45) is 5.92 Å². The summed E-state index contributed by atoms with van der Waals surface area (Å²) in [4.78, 5) is 26.8. The van der Waals surface area contributed by atoms with E-state index in [4.69, 9.17) is 6.42 Å². The molecule has 1 saturated heterocycles. The van der Waals surface area contributed by atoms with Crippen LogP contribution in [0.4, 0.5) is 0 Å². The van der Waals surface area contributed by atoms with E-state index in [1.807, 2.05) is 6.26 Å². The Kier molecular flexibility index (Phi) is 8.49. The van der Waals surface area contributed by atoms with Crippen LogP contribution in [-0.2, 0) is 9.59 Å². The van der Waals surface area contributed by atoms with Gasteiger partial charge in [0.1, 0.15) is 0 Å². The standard InChI is InChI=1S/C27H34N4O2S/c1-3-15-28-25(32)18-29-26(33)19-31(34-2)22-13-16-30(17-14-22)27(21-11-12-21)24-10-6-8-20-7-4-5-9-23(20)24/h1,4-10,21-22,27H,11-19H2,2H3,(H,28,32)(H,29,33). The molecule has 0 radical (unpaired) electrons. The molecule has 6 nitrogen and oxygen atoms in total. The zero-order valence-corrected chi connectivity index (χ0v) is 20.7. The van der Waals surface area contributed by atoms with Gasteiger partial charge in [-0.2, -0.15) is 0 Å². The number of terminal acetylenes is 1. The minimum atomic E-state index is -0.269. The predicted molar refractivity (Wildman–Crippen MR) is 139 cm³/mol. The fourth-order valence-electron chi connectivity index (χ4n) is 5.05. The Morgan fingerprint density at radius 1 is 1.09 bits per heavy atom. The molecule has 7 heteroatoms. The average Bonchev–Trinajstić information content (AvgIpc) is 3.71. The summed E-state index contributed by atoms with van der Waals surface area (Å²) >= 11 is 1.61. The Morgan fingerprint density at radius 2 is 1.82 bits per heavy atom. The lowest BCUT2D eigenvalue weighted by atomic mass is 9.92. The van der Waals surface area contributed by atoms with E-state index in [2.05, 4.69) is 68.2 Å². The predicted octanol–water partition coefficient (Wildman–Crippen LogP) is 3.20. The number of likely N-dealkylation sites (tertiary alicyclic amines) is 1. The van der Waals surface area contributed by atoms with Gasteiger partial charge in [0.25, 0.3) is 0 Å². The van der Waals surface area contributed by atoms with Crippen molar-refractivity contribution in [1.29, 1.82) is 0 Å². The van der Waals surface area contributed by atoms with Crippen molar-refractivity contribution in [2.75, 3.05) is 39.0 Å². The van der Waals surface area contributed by atoms with E-state index in [-0.39, 0.29) is 31.4 Å². The number of rotatable bonds is 10. The van der Waals surface area contributed by atoms with Gasteiger partial charge in [-0.05, 0) is 54.2 Å². The molecule has 34 heavy (non-hydrogen) atoms. The highest BCUT2D eigenvalue weighted by atomic mass is 32.2. The minimum absolute atomic E-state index is 0.0464. The maximum absolute atomic E-state index is 12.4. The molecule has 2 aromatic rings. The first-order chi connectivity index (χ1) is 16.6. The van der Waals surface area contributed by atoms with Crippen LogP contribution in [0.5, 0.6) is 0 Å². The highest BCUT2D eigenvalue weighted by Gasteiger charge is 2.39. The number of amides is 2. The van der Waals surface area contributed by atoms with Crippen LogP contribution in [-0.4, -0.2) is 66.0 Å². The molecular weight excluding hydrogens is 444 g/mol. The van der Waals surface area contributed by atoms with Crippen LogP contribution >= 0.6 is 11.9 Å². The molecular formula is C27H34N4O2S. The number of piperidine rings is 1. The zero-order chi connectivity index (χ0) is 23.9. The first kappa shape index (κ1) is 24.6. The second-order valence-corrected chi connectivity index (χ2v) is 9.97. The molecule has 2 fully saturated rings. The second kappa shape index (κ2) is 11.7. The van der Waals surface area contributed by atoms with Crippen molar-refractivity contribution >= 4 is 34.5 Å². The number of benzene rings is 2. The second-order valence-electron chi connectivity index (χ2n) is 9.13. The van der Waals surface area contributed by atoms with Gasteiger partial charge in [-0.25, -0.2) is 4.31 Å². The molecule has 2 N–H and O–H groups in total. The molecule has 1 saturated carbocycles. The monoisotopic (exact) mass is 478 g/mol. The molecule has 0 bridgehead atoms. The van der Waals surface area contributed by atoms with E-state index in [1.54, 1.807) is 11.9 Å². The summed E-state index contributed by atoms with van der Waals surface area (Å²) in [5.74, 6) is 2.68. The summed E-state index contributed by atoms with van der Waals surface area (Å²) in [5.41, 5.74) is 1.46. The summed E-state index contributed by atoms with van der Waals surface area (Å²) in [7, 11) is 0. The zero-order valence-electron chi connectivity index (χ0n) is 19.8. The highest BCUT2D eigenvalue weighted by molar-refractivity contribution is 7.96. The van der Waals surface area contributed by atoms with Crippen molar-refractivity contribution in [3.63, 3.8) is 0 Å². The summed E-state index contributed by atoms with van der Waals surface area (Å²) in [6.45, 7) is 2.47. The Bertz CT molecular complexity index is 1040. The number of fused-ring (bicyclic) bond motifs is 1. The van der Waals surface area contributed by atoms with Gasteiger partial charge < -0.3 is 10.6 Å². The summed E-state index contributed by atoms with van der Waals surface area (Å²) < 4.78 is 2.16. The maximum atomic E-state index is 12.4. The molecule has 1 atom stereocenters. The smallest absolute Gasteiger partial charge is 0.240 e. The summed E-state index contributed by atoms with van der Waals surface area (Å²) in [6.07, 6.45) is 11.8. The van der Waals surface area contributed by atoms with Crippen molar-refractivity contribution in [3.05, 3.63) is 48.0 Å². The molecule has 180 valence electrons. The molecule has 2 amide bonds. The Labute approximate surface area is 207 Å². The van der Waals surface area contributed by atoms with E-state index in [0.717, 1.165) is 31.8 Å². The molecule has 1 aliphatic carbocycles. The maximum Gasteiger partial charge on any atom is 0.240 e. The van der Waals surface area contributed by atoms with Gasteiger partial charge >= 0.3 is 0 Å². The van der Waals surface area contributed by atoms with Crippen LogP contribution in [0.2, 0.25) is 0 Å². The van der Waals surface area contributed by atoms with Crippen molar-refractivity contribution in [3.8, 4) is 12.3 Å². The third-order valence-electron chi connectivity index (χ3n) is 6.88. The summed E-state index contributed by atoms with van der Waals surface area (Å²) in [6, 6.07) is 16.2. The number of nitrogens with zero attached hydrogens (tertiary/aromatic N) is 2. The Balaban J connectivity index is 1.34. The van der Waals surface area contributed by atoms with Gasteiger partial charge in [-0.15, -0.1) is 6.42 Å². The molecule has 1 aliphatic heterocycles. The number of carbonyl (C=O) groups excluding carboxylic acids is 2. The van der Waals surface area contributed by atoms with Crippen molar-refractivity contribution in [2.45, 2.75) is 37.8 Å². The van der Waals surface area contributed by atoms with Crippen LogP contribution < -0.4 is 10.6 Å². The lowest BCUT2D eigenvalue weighted by Gasteiger charge is -2.41. The van der Waals surface area contributed by atoms with Gasteiger partial charge in [0.15, 0.2) is 0 Å². The number of hydrogen-bond donors (Lipinski definition) is 2. The van der Waals surface area contributed by atoms with Gasteiger partial charge in [0, 0.05) is 25.2 Å². The first-order valence-electron chi connectivity index (χ1n) is 12.1. The Hall–Kier alpha value is -2.53. The molecule has 1 unspecified atom stereocenters. The van der Waals surface area contributed by atoms with E-state index in [0.29, 0.717) is 12.1 Å². The third kappa shape index (κ3) is 6.12. The fraction of sp³-hybridized carbons (Fsp3) is 0.481. The molecule has 1 heterocycles. The first-order valence-corrected chi connectivity index (χ1v) is 13.3. The topological polar surface area (TPSA) is 64.7 Å².